The van der Waals surface area contributed by atoms with E-state index >= 15 is 0 Å². The van der Waals surface area contributed by atoms with Crippen LogP contribution in [0.3, 0.4) is 0 Å². The number of rotatable bonds is 5. The number of carbonyl (C=O) groups excluding carboxylic acids is 1. The van der Waals surface area contributed by atoms with Crippen LogP contribution in [0.5, 0.6) is 0 Å². The van der Waals surface area contributed by atoms with Crippen LogP contribution in [0.25, 0.3) is 0 Å². The molecule has 0 radical (unpaired) electrons. The average Bonchev–Trinajstić information content (AvgIpc) is 2.00. The van der Waals surface area contributed by atoms with Crippen molar-refractivity contribution in [2.24, 2.45) is 0 Å². The molecule has 0 saturated heterocycles. The maximum atomic E-state index is 10.5. The van der Waals surface area contributed by atoms with Crippen molar-refractivity contribution in [3.63, 3.8) is 0 Å². The minimum absolute atomic E-state index is 0.267. The van der Waals surface area contributed by atoms with Gasteiger partial charge in [0.25, 0.3) is 5.09 Å². The summed E-state index contributed by atoms with van der Waals surface area (Å²) in [6.07, 6.45) is -1.83. The Labute approximate surface area is 78.6 Å². The van der Waals surface area contributed by atoms with E-state index in [0.717, 1.165) is 0 Å². The van der Waals surface area contributed by atoms with Crippen molar-refractivity contribution in [1.82, 2.24) is 0 Å². The van der Waals surface area contributed by atoms with E-state index in [9.17, 15) is 14.9 Å². The van der Waals surface area contributed by atoms with E-state index in [1.54, 1.807) is 0 Å². The summed E-state index contributed by atoms with van der Waals surface area (Å²) >= 11 is 5.03. The second-order valence-corrected chi connectivity index (χ2v) is 2.17. The number of alkyl halides is 1. The Morgan fingerprint density at radius 1 is 1.62 bits per heavy atom. The second kappa shape index (κ2) is 6.30. The third-order valence-corrected chi connectivity index (χ3v) is 0.983. The zero-order chi connectivity index (χ0) is 10.3. The quantitative estimate of drug-likeness (QED) is 0.292. The minimum Gasteiger partial charge on any atom is -0.432 e. The van der Waals surface area contributed by atoms with Gasteiger partial charge in [-0.05, 0) is 6.92 Å². The number of hydrogen-bond acceptors (Lipinski definition) is 6. The first-order valence-electron chi connectivity index (χ1n) is 3.23. The Bertz CT molecular complexity index is 186. The first kappa shape index (κ1) is 11.8. The Kier molecular flexibility index (Phi) is 5.69. The summed E-state index contributed by atoms with van der Waals surface area (Å²) in [5.74, 6) is 0. The fraction of sp³-hybridized carbons (Fsp3) is 0.800. The van der Waals surface area contributed by atoms with Gasteiger partial charge in [0.1, 0.15) is 12.7 Å². The van der Waals surface area contributed by atoms with Crippen LogP contribution in [0.15, 0.2) is 0 Å². The number of nitrogens with zero attached hydrogens (tertiary/aromatic N) is 1. The molecule has 0 N–H and O–H groups in total. The minimum atomic E-state index is -0.992. The lowest BCUT2D eigenvalue weighted by molar-refractivity contribution is -0.767. The highest BCUT2D eigenvalue weighted by atomic mass is 35.5. The molecule has 7 nitrogen and oxygen atoms in total. The molecule has 0 bridgehead atoms. The van der Waals surface area contributed by atoms with Crippen LogP contribution in [0, 0.1) is 10.1 Å². The predicted molar refractivity (Wildman–Crippen MR) is 40.7 cm³/mol. The van der Waals surface area contributed by atoms with Gasteiger partial charge in [-0.3, -0.25) is 0 Å². The lowest BCUT2D eigenvalue weighted by atomic mass is 10.4. The molecule has 0 amide bonds. The number of halogens is 1. The Balaban J connectivity index is 3.51. The molecule has 0 aliphatic heterocycles. The van der Waals surface area contributed by atoms with Crippen LogP contribution < -0.4 is 0 Å². The monoisotopic (exact) mass is 213 g/mol. The van der Waals surface area contributed by atoms with Crippen LogP contribution in [-0.4, -0.2) is 30.0 Å². The summed E-state index contributed by atoms with van der Waals surface area (Å²) in [6, 6.07) is -0.330. The van der Waals surface area contributed by atoms with Crippen molar-refractivity contribution in [1.29, 1.82) is 0 Å². The van der Waals surface area contributed by atoms with Crippen molar-refractivity contribution >= 4 is 17.8 Å². The molecular formula is C5H8ClNO6. The molecule has 0 aromatic carbocycles. The summed E-state index contributed by atoms with van der Waals surface area (Å²) in [6.45, 7) is 1.10. The normalized spacial score (nSPS) is 11.5. The van der Waals surface area contributed by atoms with Gasteiger partial charge in [-0.25, -0.2) is 4.79 Å². The summed E-state index contributed by atoms with van der Waals surface area (Å²) in [5.41, 5.74) is 0. The van der Waals surface area contributed by atoms with Gasteiger partial charge in [-0.1, -0.05) is 11.6 Å². The topological polar surface area (TPSA) is 87.9 Å². The van der Waals surface area contributed by atoms with E-state index in [0.29, 0.717) is 0 Å². The van der Waals surface area contributed by atoms with Gasteiger partial charge in [0.05, 0.1) is 0 Å². The second-order valence-electron chi connectivity index (χ2n) is 1.95. The lowest BCUT2D eigenvalue weighted by Gasteiger charge is -2.08. The van der Waals surface area contributed by atoms with E-state index < -0.39 is 17.3 Å². The van der Waals surface area contributed by atoms with Crippen LogP contribution >= 0.6 is 11.6 Å². The van der Waals surface area contributed by atoms with Gasteiger partial charge in [0, 0.05) is 0 Å². The average molecular weight is 214 g/mol. The molecule has 0 aromatic heterocycles. The molecular weight excluding hydrogens is 206 g/mol. The first-order valence-corrected chi connectivity index (χ1v) is 3.76. The van der Waals surface area contributed by atoms with Gasteiger partial charge in [-0.2, -0.15) is 0 Å². The van der Waals surface area contributed by atoms with Crippen molar-refractivity contribution in [3.05, 3.63) is 10.1 Å². The maximum absolute atomic E-state index is 10.5. The molecule has 76 valence electrons. The van der Waals surface area contributed by atoms with Gasteiger partial charge in [-0.15, -0.1) is 10.1 Å². The summed E-state index contributed by atoms with van der Waals surface area (Å²) < 4.78 is 8.55. The molecule has 0 aliphatic rings. The van der Waals surface area contributed by atoms with Gasteiger partial charge < -0.3 is 14.3 Å². The molecule has 0 aliphatic carbocycles. The molecule has 0 fully saturated rings. The summed E-state index contributed by atoms with van der Waals surface area (Å²) in [7, 11) is 0. The SMILES string of the molecule is CC(COC(=O)OCCl)O[N+](=O)[O-]. The molecule has 1 atom stereocenters. The van der Waals surface area contributed by atoms with Crippen LogP contribution in [0.4, 0.5) is 4.79 Å². The smallest absolute Gasteiger partial charge is 0.432 e. The number of carbonyl (C=O) groups is 1. The molecule has 0 heterocycles. The number of hydrogen-bond donors (Lipinski definition) is 0. The zero-order valence-corrected chi connectivity index (χ0v) is 7.52. The Morgan fingerprint density at radius 2 is 2.23 bits per heavy atom. The largest absolute Gasteiger partial charge is 0.509 e. The highest BCUT2D eigenvalue weighted by molar-refractivity contribution is 6.17. The fourth-order valence-electron chi connectivity index (χ4n) is 0.449. The van der Waals surface area contributed by atoms with E-state index in [2.05, 4.69) is 14.3 Å². The molecule has 0 spiro atoms. The van der Waals surface area contributed by atoms with E-state index in [-0.39, 0.29) is 12.7 Å². The molecule has 13 heavy (non-hydrogen) atoms. The van der Waals surface area contributed by atoms with E-state index in [1.165, 1.54) is 6.92 Å². The highest BCUT2D eigenvalue weighted by Crippen LogP contribution is 1.94. The highest BCUT2D eigenvalue weighted by Gasteiger charge is 2.10. The standard InChI is InChI=1S/C5H8ClNO6/c1-4(13-7(9)10)2-11-5(8)12-3-6/h4H,2-3H2,1H3. The lowest BCUT2D eigenvalue weighted by Crippen LogP contribution is -2.21. The Hall–Kier alpha value is -1.24. The fourth-order valence-corrected chi connectivity index (χ4v) is 0.538. The third kappa shape index (κ3) is 7.13. The zero-order valence-electron chi connectivity index (χ0n) is 6.77. The van der Waals surface area contributed by atoms with Gasteiger partial charge in [0.2, 0.25) is 0 Å². The summed E-state index contributed by atoms with van der Waals surface area (Å²) in [4.78, 5) is 24.3. The molecule has 1 unspecified atom stereocenters. The first-order chi connectivity index (χ1) is 6.06. The predicted octanol–water partition coefficient (Wildman–Crippen LogP) is 0.933. The van der Waals surface area contributed by atoms with E-state index in [1.807, 2.05) is 0 Å². The summed E-state index contributed by atoms with van der Waals surface area (Å²) in [5, 5.41) is 8.80. The van der Waals surface area contributed by atoms with E-state index in [4.69, 9.17) is 11.6 Å². The molecule has 0 aromatic rings. The maximum Gasteiger partial charge on any atom is 0.509 e. The third-order valence-electron chi connectivity index (χ3n) is 0.874. The van der Waals surface area contributed by atoms with Crippen molar-refractivity contribution in [2.75, 3.05) is 12.7 Å². The van der Waals surface area contributed by atoms with Gasteiger partial charge >= 0.3 is 6.16 Å². The van der Waals surface area contributed by atoms with Crippen LogP contribution in [-0.2, 0) is 14.3 Å². The van der Waals surface area contributed by atoms with Crippen molar-refractivity contribution < 1.29 is 24.2 Å². The molecule has 0 rings (SSSR count). The number of ether oxygens (including phenoxy) is 2. The van der Waals surface area contributed by atoms with Crippen molar-refractivity contribution in [2.45, 2.75) is 13.0 Å². The van der Waals surface area contributed by atoms with Gasteiger partial charge in [0.15, 0.2) is 6.07 Å². The van der Waals surface area contributed by atoms with Crippen molar-refractivity contribution in [3.8, 4) is 0 Å². The Morgan fingerprint density at radius 3 is 2.69 bits per heavy atom. The molecule has 0 saturated carbocycles. The van der Waals surface area contributed by atoms with Crippen LogP contribution in [0.2, 0.25) is 0 Å². The molecule has 8 heteroatoms. The van der Waals surface area contributed by atoms with Crippen LogP contribution in [0.1, 0.15) is 6.92 Å².